The van der Waals surface area contributed by atoms with Crippen LogP contribution in [-0.4, -0.2) is 49.1 Å². The number of carbonyl (C=O) groups excluding carboxylic acids is 2. The Kier molecular flexibility index (Phi) is 8.26. The lowest BCUT2D eigenvalue weighted by Crippen LogP contribution is -2.52. The summed E-state index contributed by atoms with van der Waals surface area (Å²) < 4.78 is 38.7. The molecule has 2 atom stereocenters. The molecule has 3 N–H and O–H groups in total. The van der Waals surface area contributed by atoms with E-state index in [4.69, 9.17) is 0 Å². The number of benzene rings is 2. The van der Waals surface area contributed by atoms with Crippen molar-refractivity contribution in [2.75, 3.05) is 5.75 Å². The van der Waals surface area contributed by atoms with E-state index in [-0.39, 0.29) is 23.3 Å². The highest BCUT2D eigenvalue weighted by atomic mass is 32.2. The lowest BCUT2D eigenvalue weighted by Gasteiger charge is -2.21. The van der Waals surface area contributed by atoms with Crippen molar-refractivity contribution in [3.05, 3.63) is 66.0 Å². The molecule has 0 aromatic heterocycles. The van der Waals surface area contributed by atoms with Gasteiger partial charge in [-0.3, -0.25) is 9.59 Å². The van der Waals surface area contributed by atoms with E-state index in [1.165, 1.54) is 37.3 Å². The third-order valence-corrected chi connectivity index (χ3v) is 6.23. The molecule has 0 unspecified atom stereocenters. The molecule has 31 heavy (non-hydrogen) atoms. The zero-order valence-corrected chi connectivity index (χ0v) is 17.6. The van der Waals surface area contributed by atoms with Crippen LogP contribution in [0.25, 0.3) is 0 Å². The first-order chi connectivity index (χ1) is 14.6. The molecule has 8 nitrogen and oxygen atoms in total. The van der Waals surface area contributed by atoms with Crippen molar-refractivity contribution in [1.82, 2.24) is 10.6 Å². The molecule has 2 aromatic carbocycles. The van der Waals surface area contributed by atoms with Gasteiger partial charge < -0.3 is 15.7 Å². The molecule has 0 aliphatic rings. The average molecular weight is 450 g/mol. The second kappa shape index (κ2) is 10.7. The first-order valence-corrected chi connectivity index (χ1v) is 11.1. The van der Waals surface area contributed by atoms with Gasteiger partial charge in [0.05, 0.1) is 10.6 Å². The third kappa shape index (κ3) is 7.18. The van der Waals surface area contributed by atoms with Crippen LogP contribution in [0.15, 0.2) is 59.5 Å². The Morgan fingerprint density at radius 1 is 0.968 bits per heavy atom. The zero-order valence-electron chi connectivity index (χ0n) is 16.7. The number of sulfone groups is 1. The first-order valence-electron chi connectivity index (χ1n) is 9.41. The maximum Gasteiger partial charge on any atom is 0.326 e. The van der Waals surface area contributed by atoms with Crippen molar-refractivity contribution >= 4 is 27.6 Å². The molecule has 0 heterocycles. The summed E-state index contributed by atoms with van der Waals surface area (Å²) in [6.45, 7) is 1.17. The Labute approximate surface area is 179 Å². The number of halogens is 1. The van der Waals surface area contributed by atoms with E-state index in [1.807, 2.05) is 0 Å². The van der Waals surface area contributed by atoms with E-state index in [0.29, 0.717) is 0 Å². The molecule has 2 rings (SSSR count). The SMILES string of the molecule is CC(=O)N[C@H](Cc1ccccc1F)C(=O)N[C@@H](CCS(=O)(=O)c1ccccc1)C(=O)O. The van der Waals surface area contributed by atoms with E-state index in [2.05, 4.69) is 10.6 Å². The zero-order chi connectivity index (χ0) is 23.0. The monoisotopic (exact) mass is 450 g/mol. The lowest BCUT2D eigenvalue weighted by atomic mass is 10.0. The maximum absolute atomic E-state index is 13.9. The van der Waals surface area contributed by atoms with Crippen LogP contribution in [0.5, 0.6) is 0 Å². The van der Waals surface area contributed by atoms with Crippen LogP contribution in [0.1, 0.15) is 18.9 Å². The molecule has 10 heteroatoms. The Bertz CT molecular complexity index is 1040. The van der Waals surface area contributed by atoms with Crippen LogP contribution in [0.4, 0.5) is 4.39 Å². The Morgan fingerprint density at radius 3 is 2.16 bits per heavy atom. The number of amides is 2. The minimum Gasteiger partial charge on any atom is -0.480 e. The fourth-order valence-electron chi connectivity index (χ4n) is 2.89. The first kappa shape index (κ1) is 24.0. The van der Waals surface area contributed by atoms with Gasteiger partial charge in [-0.2, -0.15) is 0 Å². The molecular weight excluding hydrogens is 427 g/mol. The Hall–Kier alpha value is -3.27. The summed E-state index contributed by atoms with van der Waals surface area (Å²) in [5, 5.41) is 14.0. The number of carboxylic acids is 1. The van der Waals surface area contributed by atoms with E-state index < -0.39 is 51.3 Å². The fourth-order valence-corrected chi connectivity index (χ4v) is 4.24. The molecule has 0 spiro atoms. The maximum atomic E-state index is 13.9. The number of carbonyl (C=O) groups is 3. The largest absolute Gasteiger partial charge is 0.480 e. The molecule has 0 aliphatic carbocycles. The highest BCUT2D eigenvalue weighted by Crippen LogP contribution is 2.13. The van der Waals surface area contributed by atoms with E-state index in [0.717, 1.165) is 0 Å². The lowest BCUT2D eigenvalue weighted by molar-refractivity contribution is -0.142. The van der Waals surface area contributed by atoms with Gasteiger partial charge in [0.1, 0.15) is 17.9 Å². The number of hydrogen-bond acceptors (Lipinski definition) is 5. The van der Waals surface area contributed by atoms with Gasteiger partial charge in [-0.1, -0.05) is 36.4 Å². The van der Waals surface area contributed by atoms with Gasteiger partial charge >= 0.3 is 5.97 Å². The van der Waals surface area contributed by atoms with Gasteiger partial charge in [-0.25, -0.2) is 17.6 Å². The summed E-state index contributed by atoms with van der Waals surface area (Å²) in [6, 6.07) is 10.5. The molecule has 0 fully saturated rings. The van der Waals surface area contributed by atoms with E-state index in [9.17, 15) is 32.3 Å². The fraction of sp³-hybridized carbons (Fsp3) is 0.286. The molecule has 0 saturated heterocycles. The molecule has 0 saturated carbocycles. The van der Waals surface area contributed by atoms with Gasteiger partial charge in [-0.05, 0) is 30.2 Å². The standard InChI is InChI=1S/C21H23FN2O6S/c1-14(25)23-19(13-15-7-5-6-10-17(15)22)20(26)24-18(21(27)28)11-12-31(29,30)16-8-3-2-4-9-16/h2-10,18-19H,11-13H2,1H3,(H,23,25)(H,24,26)(H,27,28)/t18-,19+/m0/s1. The quantitative estimate of drug-likeness (QED) is 0.500. The van der Waals surface area contributed by atoms with E-state index in [1.54, 1.807) is 24.3 Å². The van der Waals surface area contributed by atoms with Gasteiger partial charge in [0.15, 0.2) is 9.84 Å². The molecule has 166 valence electrons. The summed E-state index contributed by atoms with van der Waals surface area (Å²) in [5.41, 5.74) is 0.162. The van der Waals surface area contributed by atoms with Crippen molar-refractivity contribution in [2.24, 2.45) is 0 Å². The van der Waals surface area contributed by atoms with Crippen LogP contribution in [0.3, 0.4) is 0 Å². The van der Waals surface area contributed by atoms with Crippen molar-refractivity contribution in [3.8, 4) is 0 Å². The second-order valence-corrected chi connectivity index (χ2v) is 8.98. The van der Waals surface area contributed by atoms with Crippen LogP contribution in [0.2, 0.25) is 0 Å². The molecule has 2 amide bonds. The number of aliphatic carboxylic acids is 1. The Morgan fingerprint density at radius 2 is 1.58 bits per heavy atom. The predicted molar refractivity (Wildman–Crippen MR) is 110 cm³/mol. The second-order valence-electron chi connectivity index (χ2n) is 6.87. The minimum absolute atomic E-state index is 0.0427. The van der Waals surface area contributed by atoms with Crippen molar-refractivity contribution in [1.29, 1.82) is 0 Å². The minimum atomic E-state index is -3.75. The summed E-state index contributed by atoms with van der Waals surface area (Å²) in [6.07, 6.45) is -0.586. The van der Waals surface area contributed by atoms with Gasteiger partial charge in [-0.15, -0.1) is 0 Å². The van der Waals surface area contributed by atoms with Gasteiger partial charge in [0.25, 0.3) is 0 Å². The molecular formula is C21H23FN2O6S. The molecule has 0 bridgehead atoms. The van der Waals surface area contributed by atoms with Crippen molar-refractivity contribution in [2.45, 2.75) is 36.7 Å². The number of rotatable bonds is 10. The smallest absolute Gasteiger partial charge is 0.326 e. The van der Waals surface area contributed by atoms with Crippen molar-refractivity contribution in [3.63, 3.8) is 0 Å². The highest BCUT2D eigenvalue weighted by molar-refractivity contribution is 7.91. The van der Waals surface area contributed by atoms with Crippen LogP contribution >= 0.6 is 0 Å². The number of hydrogen-bond donors (Lipinski definition) is 3. The molecule has 2 aromatic rings. The van der Waals surface area contributed by atoms with Gasteiger partial charge in [0.2, 0.25) is 11.8 Å². The number of nitrogens with one attached hydrogen (secondary N) is 2. The van der Waals surface area contributed by atoms with E-state index >= 15 is 0 Å². The van der Waals surface area contributed by atoms with Crippen LogP contribution in [0, 0.1) is 5.82 Å². The summed E-state index contributed by atoms with van der Waals surface area (Å²) in [5.74, 6) is -3.93. The molecule has 0 radical (unpaired) electrons. The Balaban J connectivity index is 2.11. The topological polar surface area (TPSA) is 130 Å². The third-order valence-electron chi connectivity index (χ3n) is 4.47. The summed E-state index contributed by atoms with van der Waals surface area (Å²) in [4.78, 5) is 35.8. The highest BCUT2D eigenvalue weighted by Gasteiger charge is 2.28. The van der Waals surface area contributed by atoms with Crippen molar-refractivity contribution < 1.29 is 32.3 Å². The summed E-state index contributed by atoms with van der Waals surface area (Å²) in [7, 11) is -3.75. The molecule has 0 aliphatic heterocycles. The summed E-state index contributed by atoms with van der Waals surface area (Å²) >= 11 is 0. The van der Waals surface area contributed by atoms with Crippen LogP contribution in [-0.2, 0) is 30.6 Å². The number of carboxylic acid groups (broad SMARTS) is 1. The predicted octanol–water partition coefficient (Wildman–Crippen LogP) is 1.31. The van der Waals surface area contributed by atoms with Gasteiger partial charge in [0, 0.05) is 13.3 Å². The normalized spacial score (nSPS) is 13.1. The van der Waals surface area contributed by atoms with Crippen LogP contribution < -0.4 is 10.6 Å². The average Bonchev–Trinajstić information content (AvgIpc) is 2.72.